The highest BCUT2D eigenvalue weighted by atomic mass is 35.5. The number of ether oxygens (including phenoxy) is 1. The predicted molar refractivity (Wildman–Crippen MR) is 127 cm³/mol. The van der Waals surface area contributed by atoms with Crippen molar-refractivity contribution in [2.24, 2.45) is 5.92 Å². The molecule has 1 N–H and O–H groups in total. The van der Waals surface area contributed by atoms with E-state index in [1.165, 1.54) is 23.1 Å². The zero-order valence-corrected chi connectivity index (χ0v) is 19.3. The Labute approximate surface area is 205 Å². The molecule has 9 heteroatoms. The molecule has 34 heavy (non-hydrogen) atoms. The van der Waals surface area contributed by atoms with Gasteiger partial charge in [-0.15, -0.1) is 0 Å². The Morgan fingerprint density at radius 1 is 0.941 bits per heavy atom. The van der Waals surface area contributed by atoms with Crippen LogP contribution in [-0.4, -0.2) is 23.8 Å². The number of anilines is 2. The van der Waals surface area contributed by atoms with Gasteiger partial charge in [0, 0.05) is 27.0 Å². The minimum Gasteiger partial charge on any atom is -0.435 e. The van der Waals surface area contributed by atoms with Crippen molar-refractivity contribution in [3.05, 3.63) is 88.4 Å². The van der Waals surface area contributed by atoms with Gasteiger partial charge in [-0.2, -0.15) is 8.78 Å². The number of rotatable bonds is 6. The van der Waals surface area contributed by atoms with Crippen molar-refractivity contribution < 1.29 is 23.4 Å². The number of benzene rings is 3. The molecule has 0 radical (unpaired) electrons. The molecule has 2 aliphatic rings. The Bertz CT molecular complexity index is 1210. The Kier molecular flexibility index (Phi) is 5.88. The second-order valence-electron chi connectivity index (χ2n) is 8.36. The first-order valence-electron chi connectivity index (χ1n) is 10.7. The molecule has 0 bridgehead atoms. The van der Waals surface area contributed by atoms with E-state index in [-0.39, 0.29) is 17.2 Å². The van der Waals surface area contributed by atoms with Gasteiger partial charge in [0.05, 0.1) is 6.04 Å². The molecule has 0 spiro atoms. The first-order valence-corrected chi connectivity index (χ1v) is 11.5. The molecule has 1 aliphatic carbocycles. The predicted octanol–water partition coefficient (Wildman–Crippen LogP) is 6.67. The van der Waals surface area contributed by atoms with E-state index in [0.29, 0.717) is 21.4 Å². The van der Waals surface area contributed by atoms with E-state index < -0.39 is 24.4 Å². The van der Waals surface area contributed by atoms with Gasteiger partial charge in [-0.1, -0.05) is 35.3 Å². The molecule has 2 fully saturated rings. The van der Waals surface area contributed by atoms with Gasteiger partial charge in [0.15, 0.2) is 5.72 Å². The van der Waals surface area contributed by atoms with Crippen molar-refractivity contribution in [2.45, 2.75) is 31.2 Å². The molecule has 1 unspecified atom stereocenters. The first-order chi connectivity index (χ1) is 16.3. The van der Waals surface area contributed by atoms with Crippen molar-refractivity contribution in [3.63, 3.8) is 0 Å². The smallest absolute Gasteiger partial charge is 0.387 e. The fourth-order valence-corrected chi connectivity index (χ4v) is 4.86. The van der Waals surface area contributed by atoms with E-state index in [2.05, 4.69) is 4.74 Å². The van der Waals surface area contributed by atoms with Crippen molar-refractivity contribution in [1.82, 2.24) is 0 Å². The van der Waals surface area contributed by atoms with Crippen LogP contribution in [0.4, 0.5) is 25.0 Å². The molecule has 1 saturated carbocycles. The van der Waals surface area contributed by atoms with Crippen LogP contribution >= 0.6 is 23.2 Å². The molecule has 3 aromatic carbocycles. The van der Waals surface area contributed by atoms with Gasteiger partial charge in [-0.3, -0.25) is 9.80 Å². The van der Waals surface area contributed by atoms with E-state index in [9.17, 15) is 18.7 Å². The van der Waals surface area contributed by atoms with Gasteiger partial charge in [0.2, 0.25) is 0 Å². The third-order valence-corrected chi connectivity index (χ3v) is 6.68. The number of carbonyl (C=O) groups excluding carboxylic acids is 1. The quantitative estimate of drug-likeness (QED) is 0.408. The number of amides is 2. The van der Waals surface area contributed by atoms with Crippen LogP contribution in [0.2, 0.25) is 10.0 Å². The summed E-state index contributed by atoms with van der Waals surface area (Å²) in [6, 6.07) is 18.0. The zero-order chi connectivity index (χ0) is 24.0. The van der Waals surface area contributed by atoms with Crippen molar-refractivity contribution in [1.29, 1.82) is 0 Å². The molecule has 5 rings (SSSR count). The van der Waals surface area contributed by atoms with Gasteiger partial charge in [-0.25, -0.2) is 4.79 Å². The zero-order valence-electron chi connectivity index (χ0n) is 17.7. The van der Waals surface area contributed by atoms with E-state index in [1.54, 1.807) is 59.5 Å². The van der Waals surface area contributed by atoms with E-state index in [0.717, 1.165) is 12.8 Å². The molecule has 176 valence electrons. The highest BCUT2D eigenvalue weighted by Crippen LogP contribution is 2.53. The summed E-state index contributed by atoms with van der Waals surface area (Å²) < 4.78 is 30.4. The molecule has 1 saturated heterocycles. The number of hydrogen-bond acceptors (Lipinski definition) is 3. The normalized spacial score (nSPS) is 22.5. The van der Waals surface area contributed by atoms with Crippen LogP contribution in [0.3, 0.4) is 0 Å². The number of hydrogen-bond donors (Lipinski definition) is 1. The van der Waals surface area contributed by atoms with Crippen molar-refractivity contribution in [2.75, 3.05) is 9.80 Å². The molecular weight excluding hydrogens is 485 g/mol. The Morgan fingerprint density at radius 3 is 2.09 bits per heavy atom. The third kappa shape index (κ3) is 3.98. The molecule has 3 aromatic rings. The number of aliphatic hydroxyl groups is 1. The summed E-state index contributed by atoms with van der Waals surface area (Å²) >= 11 is 12.1. The second-order valence-corrected chi connectivity index (χ2v) is 9.23. The molecule has 2 amide bonds. The van der Waals surface area contributed by atoms with Gasteiger partial charge >= 0.3 is 12.6 Å². The molecular formula is C25H20Cl2F2N2O3. The highest BCUT2D eigenvalue weighted by molar-refractivity contribution is 6.31. The van der Waals surface area contributed by atoms with Gasteiger partial charge in [-0.05, 0) is 79.4 Å². The average Bonchev–Trinajstić information content (AvgIpc) is 3.61. The largest absolute Gasteiger partial charge is 0.435 e. The maximum absolute atomic E-state index is 13.9. The molecule has 1 aliphatic heterocycles. The average molecular weight is 505 g/mol. The number of carbonyl (C=O) groups is 1. The minimum absolute atomic E-state index is 0.00148. The third-order valence-electron chi connectivity index (χ3n) is 6.17. The van der Waals surface area contributed by atoms with Crippen LogP contribution in [0.1, 0.15) is 18.4 Å². The van der Waals surface area contributed by atoms with Crippen LogP contribution in [0.5, 0.6) is 5.75 Å². The Hall–Kier alpha value is -2.87. The number of urea groups is 1. The van der Waals surface area contributed by atoms with E-state index in [1.807, 2.05) is 0 Å². The summed E-state index contributed by atoms with van der Waals surface area (Å²) in [4.78, 5) is 16.8. The van der Waals surface area contributed by atoms with Gasteiger partial charge in [0.25, 0.3) is 0 Å². The summed E-state index contributed by atoms with van der Waals surface area (Å²) in [5.74, 6) is -0.106. The summed E-state index contributed by atoms with van der Waals surface area (Å²) in [7, 11) is 0. The SMILES string of the molecule is O=C1N(c2ccc(Cl)cc2)[C@@H](C2CC2)C(O)(c2cccc(OC(F)F)c2)N1c1ccc(Cl)cc1. The number of halogens is 4. The number of alkyl halides is 2. The monoisotopic (exact) mass is 504 g/mol. The highest BCUT2D eigenvalue weighted by Gasteiger charge is 2.63. The first kappa shape index (κ1) is 22.9. The summed E-state index contributed by atoms with van der Waals surface area (Å²) in [5, 5.41) is 13.4. The molecule has 1 heterocycles. The minimum atomic E-state index is -3.02. The Morgan fingerprint density at radius 2 is 1.53 bits per heavy atom. The van der Waals surface area contributed by atoms with Crippen LogP contribution in [0.15, 0.2) is 72.8 Å². The number of nitrogens with zero attached hydrogens (tertiary/aromatic N) is 2. The van der Waals surface area contributed by atoms with Crippen LogP contribution in [0.25, 0.3) is 0 Å². The lowest BCUT2D eigenvalue weighted by Gasteiger charge is -2.37. The van der Waals surface area contributed by atoms with Crippen molar-refractivity contribution >= 4 is 40.6 Å². The molecule has 0 aromatic heterocycles. The van der Waals surface area contributed by atoms with Crippen LogP contribution in [0, 0.1) is 5.92 Å². The second kappa shape index (κ2) is 8.73. The lowest BCUT2D eigenvalue weighted by atomic mass is 9.90. The maximum atomic E-state index is 13.9. The fourth-order valence-electron chi connectivity index (χ4n) is 4.61. The van der Waals surface area contributed by atoms with Crippen molar-refractivity contribution in [3.8, 4) is 5.75 Å². The summed E-state index contributed by atoms with van der Waals surface area (Å²) in [6.07, 6.45) is 1.62. The standard InChI is InChI=1S/C25H20Cl2F2N2O3/c26-17-6-10-19(11-7-17)30-22(15-4-5-15)25(33,16-2-1-3-21(14-16)34-23(28)29)31(24(30)32)20-12-8-18(27)9-13-20/h1-3,6-15,22-23,33H,4-5H2/t22-,25?/m0/s1. The van der Waals surface area contributed by atoms with Gasteiger partial charge < -0.3 is 9.84 Å². The lowest BCUT2D eigenvalue weighted by Crippen LogP contribution is -2.50. The van der Waals surface area contributed by atoms with Crippen LogP contribution < -0.4 is 14.5 Å². The summed E-state index contributed by atoms with van der Waals surface area (Å²) in [6.45, 7) is -3.02. The maximum Gasteiger partial charge on any atom is 0.387 e. The topological polar surface area (TPSA) is 53.0 Å². The molecule has 5 nitrogen and oxygen atoms in total. The lowest BCUT2D eigenvalue weighted by molar-refractivity contribution is -0.0503. The van der Waals surface area contributed by atoms with Gasteiger partial charge in [0.1, 0.15) is 5.75 Å². The van der Waals surface area contributed by atoms with E-state index in [4.69, 9.17) is 23.2 Å². The van der Waals surface area contributed by atoms with Crippen LogP contribution in [-0.2, 0) is 5.72 Å². The fraction of sp³-hybridized carbons (Fsp3) is 0.240. The van der Waals surface area contributed by atoms with E-state index >= 15 is 0 Å². The molecule has 2 atom stereocenters. The summed E-state index contributed by atoms with van der Waals surface area (Å²) in [5.41, 5.74) is -0.615. The Balaban J connectivity index is 1.70.